The first kappa shape index (κ1) is 27.5. The molecular formula is C32H31N5O4. The molecule has 3 amide bonds. The van der Waals surface area contributed by atoms with Crippen molar-refractivity contribution in [3.63, 3.8) is 0 Å². The predicted octanol–water partition coefficient (Wildman–Crippen LogP) is 3.92. The molecule has 0 spiro atoms. The second-order valence-corrected chi connectivity index (χ2v) is 9.46. The Morgan fingerprint density at radius 2 is 1.63 bits per heavy atom. The third kappa shape index (κ3) is 7.14. The molecule has 208 valence electrons. The molecule has 2 N–H and O–H groups in total. The van der Waals surface area contributed by atoms with Crippen LogP contribution in [0.3, 0.4) is 0 Å². The smallest absolute Gasteiger partial charge is 0.255 e. The molecule has 0 saturated carbocycles. The van der Waals surface area contributed by atoms with Gasteiger partial charge in [-0.05, 0) is 54.6 Å². The Hall–Kier alpha value is -5.02. The van der Waals surface area contributed by atoms with E-state index in [9.17, 15) is 14.4 Å². The van der Waals surface area contributed by atoms with Gasteiger partial charge in [-0.2, -0.15) is 0 Å². The SMILES string of the molecule is O=C(Nc1ccc2c(c1)N(C(=O)CNCCOc1ccccc1)CC(=O)N2CCc1ccccn1)c1ccccc1. The van der Waals surface area contributed by atoms with Gasteiger partial charge in [-0.1, -0.05) is 42.5 Å². The number of para-hydroxylation sites is 1. The molecule has 0 unspecified atom stereocenters. The number of carbonyl (C=O) groups is 3. The number of fused-ring (bicyclic) bond motifs is 1. The number of carbonyl (C=O) groups excluding carboxylic acids is 3. The van der Waals surface area contributed by atoms with Gasteiger partial charge in [0.2, 0.25) is 11.8 Å². The molecule has 1 aliphatic heterocycles. The van der Waals surface area contributed by atoms with Gasteiger partial charge in [-0.3, -0.25) is 24.3 Å². The molecule has 5 rings (SSSR count). The molecule has 2 heterocycles. The first-order chi connectivity index (χ1) is 20.1. The van der Waals surface area contributed by atoms with Crippen molar-refractivity contribution in [2.75, 3.05) is 47.9 Å². The van der Waals surface area contributed by atoms with Crippen LogP contribution in [0.15, 0.2) is 103 Å². The fourth-order valence-corrected chi connectivity index (χ4v) is 4.57. The number of amides is 3. The van der Waals surface area contributed by atoms with Gasteiger partial charge in [0, 0.05) is 42.7 Å². The number of pyridine rings is 1. The van der Waals surface area contributed by atoms with Crippen LogP contribution >= 0.6 is 0 Å². The summed E-state index contributed by atoms with van der Waals surface area (Å²) in [6, 6.07) is 29.3. The minimum atomic E-state index is -0.262. The fraction of sp³-hybridized carbons (Fsp3) is 0.188. The zero-order chi connectivity index (χ0) is 28.4. The number of rotatable bonds is 11. The summed E-state index contributed by atoms with van der Waals surface area (Å²) in [5, 5.41) is 6.01. The lowest BCUT2D eigenvalue weighted by Gasteiger charge is -2.36. The summed E-state index contributed by atoms with van der Waals surface area (Å²) in [4.78, 5) is 46.9. The van der Waals surface area contributed by atoms with Crippen molar-refractivity contribution in [2.24, 2.45) is 0 Å². The Bertz CT molecular complexity index is 1480. The average molecular weight is 550 g/mol. The van der Waals surface area contributed by atoms with Crippen molar-refractivity contribution >= 4 is 34.8 Å². The van der Waals surface area contributed by atoms with E-state index in [1.807, 2.05) is 54.6 Å². The summed E-state index contributed by atoms with van der Waals surface area (Å²) in [5.74, 6) is 0.0555. The van der Waals surface area contributed by atoms with Gasteiger partial charge in [0.05, 0.1) is 17.9 Å². The molecule has 4 aromatic rings. The van der Waals surface area contributed by atoms with E-state index in [4.69, 9.17) is 4.74 Å². The average Bonchev–Trinajstić information content (AvgIpc) is 3.01. The molecule has 41 heavy (non-hydrogen) atoms. The van der Waals surface area contributed by atoms with Crippen LogP contribution in [0.25, 0.3) is 0 Å². The van der Waals surface area contributed by atoms with Crippen LogP contribution in [0.4, 0.5) is 17.1 Å². The summed E-state index contributed by atoms with van der Waals surface area (Å²) < 4.78 is 5.68. The normalized spacial score (nSPS) is 12.5. The molecule has 0 saturated heterocycles. The highest BCUT2D eigenvalue weighted by molar-refractivity contribution is 6.12. The molecule has 0 fully saturated rings. The summed E-state index contributed by atoms with van der Waals surface area (Å²) in [7, 11) is 0. The monoisotopic (exact) mass is 549 g/mol. The van der Waals surface area contributed by atoms with E-state index in [-0.39, 0.29) is 30.8 Å². The van der Waals surface area contributed by atoms with Gasteiger partial charge in [0.25, 0.3) is 5.91 Å². The number of ether oxygens (including phenoxy) is 1. The van der Waals surface area contributed by atoms with Crippen molar-refractivity contribution in [2.45, 2.75) is 6.42 Å². The molecule has 9 heteroatoms. The van der Waals surface area contributed by atoms with Crippen LogP contribution in [-0.4, -0.2) is 55.5 Å². The predicted molar refractivity (Wildman–Crippen MR) is 158 cm³/mol. The number of benzene rings is 3. The van der Waals surface area contributed by atoms with E-state index in [0.717, 1.165) is 11.4 Å². The van der Waals surface area contributed by atoms with E-state index in [2.05, 4.69) is 15.6 Å². The summed E-state index contributed by atoms with van der Waals surface area (Å²) in [6.45, 7) is 1.18. The van der Waals surface area contributed by atoms with Gasteiger partial charge in [0.1, 0.15) is 18.9 Å². The zero-order valence-corrected chi connectivity index (χ0v) is 22.5. The van der Waals surface area contributed by atoms with Crippen LogP contribution in [0.5, 0.6) is 5.75 Å². The second-order valence-electron chi connectivity index (χ2n) is 9.46. The lowest BCUT2D eigenvalue weighted by Crippen LogP contribution is -2.51. The van der Waals surface area contributed by atoms with E-state index in [1.54, 1.807) is 53.6 Å². The van der Waals surface area contributed by atoms with Crippen molar-refractivity contribution in [3.05, 3.63) is 115 Å². The van der Waals surface area contributed by atoms with Gasteiger partial charge >= 0.3 is 0 Å². The standard InChI is InChI=1S/C32H31N5O4/c38-30(22-33-18-20-41-27-12-5-2-6-13-27)37-23-31(39)36(19-16-25-11-7-8-17-34-25)28-15-14-26(21-29(28)37)35-32(40)24-9-3-1-4-10-24/h1-15,17,21,33H,16,18-20,22-23H2,(H,35,40). The summed E-state index contributed by atoms with van der Waals surface area (Å²) in [5.41, 5.74) is 3.08. The maximum atomic E-state index is 13.3. The van der Waals surface area contributed by atoms with Gasteiger partial charge in [-0.25, -0.2) is 0 Å². The van der Waals surface area contributed by atoms with E-state index >= 15 is 0 Å². The Kier molecular flexibility index (Phi) is 8.98. The zero-order valence-electron chi connectivity index (χ0n) is 22.5. The van der Waals surface area contributed by atoms with E-state index in [1.165, 1.54) is 4.90 Å². The molecule has 1 aromatic heterocycles. The van der Waals surface area contributed by atoms with E-state index in [0.29, 0.717) is 48.7 Å². The number of hydrogen-bond acceptors (Lipinski definition) is 6. The van der Waals surface area contributed by atoms with Crippen LogP contribution in [0, 0.1) is 0 Å². The lowest BCUT2D eigenvalue weighted by molar-refractivity contribution is -0.122. The molecule has 1 aliphatic rings. The highest BCUT2D eigenvalue weighted by Gasteiger charge is 2.32. The van der Waals surface area contributed by atoms with Crippen LogP contribution in [0.2, 0.25) is 0 Å². The number of anilines is 3. The molecule has 0 bridgehead atoms. The summed E-state index contributed by atoms with van der Waals surface area (Å²) in [6.07, 6.45) is 2.29. The quantitative estimate of drug-likeness (QED) is 0.275. The number of nitrogens with zero attached hydrogens (tertiary/aromatic N) is 3. The Labute approximate surface area is 238 Å². The molecule has 9 nitrogen and oxygen atoms in total. The highest BCUT2D eigenvalue weighted by atomic mass is 16.5. The molecule has 0 atom stereocenters. The maximum Gasteiger partial charge on any atom is 0.255 e. The topological polar surface area (TPSA) is 104 Å². The fourth-order valence-electron chi connectivity index (χ4n) is 4.57. The number of hydrogen-bond donors (Lipinski definition) is 2. The van der Waals surface area contributed by atoms with Crippen molar-refractivity contribution in [1.29, 1.82) is 0 Å². The minimum absolute atomic E-state index is 0.0272. The van der Waals surface area contributed by atoms with Crippen molar-refractivity contribution < 1.29 is 19.1 Å². The molecule has 3 aromatic carbocycles. The molecule has 0 radical (unpaired) electrons. The largest absolute Gasteiger partial charge is 0.492 e. The molecular weight excluding hydrogens is 518 g/mol. The minimum Gasteiger partial charge on any atom is -0.492 e. The first-order valence-corrected chi connectivity index (χ1v) is 13.5. The number of nitrogens with one attached hydrogen (secondary N) is 2. The van der Waals surface area contributed by atoms with Crippen LogP contribution < -0.4 is 25.2 Å². The molecule has 0 aliphatic carbocycles. The summed E-state index contributed by atoms with van der Waals surface area (Å²) >= 11 is 0. The third-order valence-electron chi connectivity index (χ3n) is 6.63. The van der Waals surface area contributed by atoms with Crippen molar-refractivity contribution in [3.8, 4) is 5.75 Å². The Morgan fingerprint density at radius 1 is 0.878 bits per heavy atom. The Morgan fingerprint density at radius 3 is 2.39 bits per heavy atom. The Balaban J connectivity index is 1.31. The van der Waals surface area contributed by atoms with Crippen LogP contribution in [0.1, 0.15) is 16.1 Å². The lowest BCUT2D eigenvalue weighted by atomic mass is 10.1. The van der Waals surface area contributed by atoms with Crippen molar-refractivity contribution in [1.82, 2.24) is 10.3 Å². The van der Waals surface area contributed by atoms with Gasteiger partial charge in [0.15, 0.2) is 0 Å². The first-order valence-electron chi connectivity index (χ1n) is 13.5. The van der Waals surface area contributed by atoms with Crippen LogP contribution in [-0.2, 0) is 16.0 Å². The van der Waals surface area contributed by atoms with Gasteiger partial charge in [-0.15, -0.1) is 0 Å². The highest BCUT2D eigenvalue weighted by Crippen LogP contribution is 2.36. The third-order valence-corrected chi connectivity index (χ3v) is 6.63. The second kappa shape index (κ2) is 13.4. The maximum absolute atomic E-state index is 13.3. The van der Waals surface area contributed by atoms with Gasteiger partial charge < -0.3 is 20.3 Å². The number of aromatic nitrogens is 1. The van der Waals surface area contributed by atoms with E-state index < -0.39 is 0 Å².